The lowest BCUT2D eigenvalue weighted by atomic mass is 10.0. The van der Waals surface area contributed by atoms with E-state index in [0.29, 0.717) is 22.4 Å². The van der Waals surface area contributed by atoms with E-state index in [1.807, 2.05) is 12.1 Å². The van der Waals surface area contributed by atoms with E-state index in [1.165, 1.54) is 0 Å². The summed E-state index contributed by atoms with van der Waals surface area (Å²) < 4.78 is 25.7. The smallest absolute Gasteiger partial charge is 0.206 e. The number of hydrogen-bond donors (Lipinski definition) is 2. The average Bonchev–Trinajstić information content (AvgIpc) is 2.64. The Morgan fingerprint density at radius 3 is 2.40 bits per heavy atom. The molecule has 2 aromatic carbocycles. The molecule has 0 radical (unpaired) electrons. The van der Waals surface area contributed by atoms with E-state index in [0.717, 1.165) is 37.2 Å². The maximum atomic E-state index is 12.9. The summed E-state index contributed by atoms with van der Waals surface area (Å²) in [6, 6.07) is 14.0. The van der Waals surface area contributed by atoms with Crippen molar-refractivity contribution in [2.45, 2.75) is 35.2 Å². The van der Waals surface area contributed by atoms with Crippen LogP contribution in [0.1, 0.15) is 18.4 Å². The van der Waals surface area contributed by atoms with E-state index in [1.54, 1.807) is 36.4 Å². The Bertz CT molecular complexity index is 814. The number of nitrogens with two attached hydrogens (primary N) is 1. The summed E-state index contributed by atoms with van der Waals surface area (Å²) >= 11 is 0. The molecule has 3 N–H and O–H groups in total. The molecule has 25 heavy (non-hydrogen) atoms. The Labute approximate surface area is 149 Å². The van der Waals surface area contributed by atoms with Crippen molar-refractivity contribution in [3.8, 4) is 0 Å². The van der Waals surface area contributed by atoms with Gasteiger partial charge in [-0.2, -0.15) is 0 Å². The van der Waals surface area contributed by atoms with E-state index in [-0.39, 0.29) is 0 Å². The zero-order chi connectivity index (χ0) is 17.9. The van der Waals surface area contributed by atoms with Crippen LogP contribution in [0.4, 0.5) is 5.69 Å². The van der Waals surface area contributed by atoms with Gasteiger partial charge in [0.1, 0.15) is 0 Å². The number of benzene rings is 2. The molecule has 1 aliphatic rings. The third-order valence-corrected chi connectivity index (χ3v) is 6.51. The van der Waals surface area contributed by atoms with E-state index in [9.17, 15) is 8.42 Å². The Balaban J connectivity index is 1.90. The molecule has 0 spiro atoms. The molecular formula is C19H25N3O2S. The third kappa shape index (κ3) is 4.03. The van der Waals surface area contributed by atoms with Crippen molar-refractivity contribution in [2.75, 3.05) is 25.5 Å². The highest BCUT2D eigenvalue weighted by Crippen LogP contribution is 2.27. The van der Waals surface area contributed by atoms with Crippen LogP contribution in [0.5, 0.6) is 0 Å². The minimum absolute atomic E-state index is 0.298. The largest absolute Gasteiger partial charge is 0.382 e. The van der Waals surface area contributed by atoms with Crippen molar-refractivity contribution in [1.82, 2.24) is 4.90 Å². The predicted molar refractivity (Wildman–Crippen MR) is 100 cm³/mol. The van der Waals surface area contributed by atoms with Gasteiger partial charge in [0.05, 0.1) is 9.79 Å². The summed E-state index contributed by atoms with van der Waals surface area (Å²) in [6.45, 7) is 2.45. The lowest BCUT2D eigenvalue weighted by Crippen LogP contribution is -2.37. The van der Waals surface area contributed by atoms with Crippen molar-refractivity contribution in [3.05, 3.63) is 54.1 Å². The fourth-order valence-corrected chi connectivity index (χ4v) is 4.45. The number of sulfone groups is 1. The van der Waals surface area contributed by atoms with E-state index in [4.69, 9.17) is 5.73 Å². The highest BCUT2D eigenvalue weighted by Gasteiger charge is 2.21. The Kier molecular flexibility index (Phi) is 5.42. The van der Waals surface area contributed by atoms with Gasteiger partial charge >= 0.3 is 0 Å². The molecule has 0 amide bonds. The molecule has 0 unspecified atom stereocenters. The van der Waals surface area contributed by atoms with Gasteiger partial charge in [-0.05, 0) is 62.8 Å². The van der Waals surface area contributed by atoms with Gasteiger partial charge in [0.2, 0.25) is 9.84 Å². The molecule has 3 rings (SSSR count). The molecule has 1 aliphatic heterocycles. The summed E-state index contributed by atoms with van der Waals surface area (Å²) in [5, 5.41) is 3.51. The summed E-state index contributed by atoms with van der Waals surface area (Å²) in [6.07, 6.45) is 2.08. The number of piperidine rings is 1. The van der Waals surface area contributed by atoms with Crippen molar-refractivity contribution >= 4 is 15.5 Å². The highest BCUT2D eigenvalue weighted by atomic mass is 32.2. The van der Waals surface area contributed by atoms with Gasteiger partial charge in [0, 0.05) is 18.3 Å². The van der Waals surface area contributed by atoms with Crippen LogP contribution in [0, 0.1) is 0 Å². The first-order valence-electron chi connectivity index (χ1n) is 8.59. The molecule has 0 aliphatic carbocycles. The molecule has 1 saturated heterocycles. The molecule has 6 heteroatoms. The third-order valence-electron chi connectivity index (χ3n) is 4.74. The van der Waals surface area contributed by atoms with Gasteiger partial charge in [-0.1, -0.05) is 24.3 Å². The van der Waals surface area contributed by atoms with Crippen LogP contribution in [0.25, 0.3) is 0 Å². The summed E-state index contributed by atoms with van der Waals surface area (Å²) in [7, 11) is -1.41. The van der Waals surface area contributed by atoms with Crippen molar-refractivity contribution in [1.29, 1.82) is 0 Å². The molecular weight excluding hydrogens is 334 g/mol. The minimum Gasteiger partial charge on any atom is -0.382 e. The number of nitrogens with one attached hydrogen (secondary N) is 1. The normalized spacial score (nSPS) is 16.7. The van der Waals surface area contributed by atoms with Crippen molar-refractivity contribution in [3.63, 3.8) is 0 Å². The van der Waals surface area contributed by atoms with Crippen LogP contribution in [-0.2, 0) is 16.4 Å². The molecule has 134 valence electrons. The van der Waals surface area contributed by atoms with Crippen molar-refractivity contribution in [2.24, 2.45) is 5.73 Å². The van der Waals surface area contributed by atoms with E-state index < -0.39 is 9.84 Å². The van der Waals surface area contributed by atoms with E-state index in [2.05, 4.69) is 17.3 Å². The first-order chi connectivity index (χ1) is 12.0. The second-order valence-electron chi connectivity index (χ2n) is 6.56. The molecule has 0 saturated carbocycles. The molecule has 1 fully saturated rings. The first-order valence-corrected chi connectivity index (χ1v) is 10.1. The van der Waals surface area contributed by atoms with Gasteiger partial charge < -0.3 is 16.0 Å². The maximum absolute atomic E-state index is 12.9. The van der Waals surface area contributed by atoms with Crippen LogP contribution in [0.3, 0.4) is 0 Å². The Morgan fingerprint density at radius 2 is 1.76 bits per heavy atom. The van der Waals surface area contributed by atoms with Crippen LogP contribution < -0.4 is 11.1 Å². The number of nitrogens with zero attached hydrogens (tertiary/aromatic N) is 1. The van der Waals surface area contributed by atoms with Crippen molar-refractivity contribution < 1.29 is 8.42 Å². The molecule has 5 nitrogen and oxygen atoms in total. The fraction of sp³-hybridized carbons (Fsp3) is 0.368. The lowest BCUT2D eigenvalue weighted by molar-refractivity contribution is 0.264. The zero-order valence-corrected chi connectivity index (χ0v) is 15.3. The van der Waals surface area contributed by atoms with Crippen LogP contribution in [0.2, 0.25) is 0 Å². The Hall–Kier alpha value is -1.89. The monoisotopic (exact) mass is 359 g/mol. The number of likely N-dealkylation sites (tertiary alicyclic amines) is 1. The quantitative estimate of drug-likeness (QED) is 0.858. The number of rotatable bonds is 5. The van der Waals surface area contributed by atoms with Gasteiger partial charge in [-0.15, -0.1) is 0 Å². The summed E-state index contributed by atoms with van der Waals surface area (Å²) in [5.74, 6) is 0. The average molecular weight is 359 g/mol. The van der Waals surface area contributed by atoms with Gasteiger partial charge in [-0.25, -0.2) is 8.42 Å². The van der Waals surface area contributed by atoms with Gasteiger partial charge in [-0.3, -0.25) is 0 Å². The van der Waals surface area contributed by atoms with Gasteiger partial charge in [0.25, 0.3) is 0 Å². The SMILES string of the molecule is CN1CCC(Nc2cc(S(=O)(=O)c3ccccc3)ccc2CN)CC1. The topological polar surface area (TPSA) is 75.4 Å². The molecule has 0 aromatic heterocycles. The van der Waals surface area contributed by atoms with E-state index >= 15 is 0 Å². The molecule has 0 bridgehead atoms. The second kappa shape index (κ2) is 7.56. The minimum atomic E-state index is -3.53. The highest BCUT2D eigenvalue weighted by molar-refractivity contribution is 7.91. The first kappa shape index (κ1) is 17.9. The zero-order valence-electron chi connectivity index (χ0n) is 14.5. The molecule has 0 atom stereocenters. The van der Waals surface area contributed by atoms with Crippen LogP contribution in [-0.4, -0.2) is 39.5 Å². The number of hydrogen-bond acceptors (Lipinski definition) is 5. The van der Waals surface area contributed by atoms with Crippen LogP contribution >= 0.6 is 0 Å². The maximum Gasteiger partial charge on any atom is 0.206 e. The standard InChI is InChI=1S/C19H25N3O2S/c1-22-11-9-16(10-12-22)21-19-13-18(8-7-15(19)14-20)25(23,24)17-5-3-2-4-6-17/h2-8,13,16,21H,9-12,14,20H2,1H3. The summed E-state index contributed by atoms with van der Waals surface area (Å²) in [4.78, 5) is 2.91. The van der Waals surface area contributed by atoms with Crippen LogP contribution in [0.15, 0.2) is 58.3 Å². The Morgan fingerprint density at radius 1 is 1.08 bits per heavy atom. The lowest BCUT2D eigenvalue weighted by Gasteiger charge is -2.30. The fourth-order valence-electron chi connectivity index (χ4n) is 3.14. The predicted octanol–water partition coefficient (Wildman–Crippen LogP) is 2.48. The van der Waals surface area contributed by atoms with Gasteiger partial charge in [0.15, 0.2) is 0 Å². The molecule has 2 aromatic rings. The second-order valence-corrected chi connectivity index (χ2v) is 8.51. The summed E-state index contributed by atoms with van der Waals surface area (Å²) in [5.41, 5.74) is 7.61. The number of anilines is 1. The molecule has 1 heterocycles.